The average molecular weight is 307 g/mol. The Morgan fingerprint density at radius 1 is 0.955 bits per heavy atom. The number of hydrogen-bond donors (Lipinski definition) is 3. The lowest BCUT2D eigenvalue weighted by atomic mass is 10.1. The molecule has 0 radical (unpaired) electrons. The SMILES string of the molecule is Oc1ccc(CCNCCNCCCN2CCOCC2)cc1. The van der Waals surface area contributed by atoms with Crippen molar-refractivity contribution < 1.29 is 9.84 Å². The van der Waals surface area contributed by atoms with Gasteiger partial charge in [-0.05, 0) is 50.2 Å². The summed E-state index contributed by atoms with van der Waals surface area (Å²) in [6.07, 6.45) is 2.20. The monoisotopic (exact) mass is 307 g/mol. The second kappa shape index (κ2) is 10.6. The zero-order valence-corrected chi connectivity index (χ0v) is 13.4. The molecule has 1 saturated heterocycles. The molecule has 5 nitrogen and oxygen atoms in total. The third-order valence-corrected chi connectivity index (χ3v) is 3.94. The molecule has 0 aliphatic carbocycles. The Morgan fingerprint density at radius 2 is 1.64 bits per heavy atom. The van der Waals surface area contributed by atoms with Crippen molar-refractivity contribution in [3.63, 3.8) is 0 Å². The first kappa shape index (κ1) is 17.2. The Morgan fingerprint density at radius 3 is 2.36 bits per heavy atom. The van der Waals surface area contributed by atoms with E-state index in [1.54, 1.807) is 12.1 Å². The van der Waals surface area contributed by atoms with Gasteiger partial charge in [0, 0.05) is 26.2 Å². The molecule has 1 fully saturated rings. The molecule has 3 N–H and O–H groups in total. The van der Waals surface area contributed by atoms with E-state index >= 15 is 0 Å². The smallest absolute Gasteiger partial charge is 0.115 e. The lowest BCUT2D eigenvalue weighted by Crippen LogP contribution is -2.38. The predicted octanol–water partition coefficient (Wildman–Crippen LogP) is 0.836. The van der Waals surface area contributed by atoms with Crippen molar-refractivity contribution in [1.29, 1.82) is 0 Å². The predicted molar refractivity (Wildman–Crippen MR) is 89.4 cm³/mol. The van der Waals surface area contributed by atoms with Crippen LogP contribution >= 0.6 is 0 Å². The zero-order valence-electron chi connectivity index (χ0n) is 13.4. The summed E-state index contributed by atoms with van der Waals surface area (Å²) in [6.45, 7) is 9.17. The highest BCUT2D eigenvalue weighted by atomic mass is 16.5. The first-order chi connectivity index (χ1) is 10.8. The lowest BCUT2D eigenvalue weighted by Gasteiger charge is -2.26. The third-order valence-electron chi connectivity index (χ3n) is 3.94. The number of aromatic hydroxyl groups is 1. The molecule has 0 unspecified atom stereocenters. The number of ether oxygens (including phenoxy) is 1. The average Bonchev–Trinajstić information content (AvgIpc) is 2.56. The van der Waals surface area contributed by atoms with Gasteiger partial charge in [0.05, 0.1) is 13.2 Å². The van der Waals surface area contributed by atoms with E-state index in [1.165, 1.54) is 18.5 Å². The van der Waals surface area contributed by atoms with Gasteiger partial charge in [-0.1, -0.05) is 12.1 Å². The number of hydrogen-bond acceptors (Lipinski definition) is 5. The first-order valence-electron chi connectivity index (χ1n) is 8.34. The molecule has 0 atom stereocenters. The number of phenols is 1. The van der Waals surface area contributed by atoms with Gasteiger partial charge in [0.25, 0.3) is 0 Å². The fourth-order valence-electron chi connectivity index (χ4n) is 2.57. The summed E-state index contributed by atoms with van der Waals surface area (Å²) in [5.74, 6) is 0.331. The summed E-state index contributed by atoms with van der Waals surface area (Å²) in [6, 6.07) is 7.43. The van der Waals surface area contributed by atoms with Crippen LogP contribution in [0, 0.1) is 0 Å². The molecule has 0 bridgehead atoms. The van der Waals surface area contributed by atoms with Crippen LogP contribution in [0.5, 0.6) is 5.75 Å². The van der Waals surface area contributed by atoms with Crippen LogP contribution in [0.3, 0.4) is 0 Å². The molecular weight excluding hydrogens is 278 g/mol. The van der Waals surface area contributed by atoms with Gasteiger partial charge in [0.1, 0.15) is 5.75 Å². The number of phenolic OH excluding ortho intramolecular Hbond substituents is 1. The number of rotatable bonds is 10. The number of benzene rings is 1. The number of morpholine rings is 1. The van der Waals surface area contributed by atoms with E-state index in [9.17, 15) is 5.11 Å². The Balaban J connectivity index is 1.37. The molecule has 1 aliphatic heterocycles. The van der Waals surface area contributed by atoms with Crippen LogP contribution in [0.25, 0.3) is 0 Å². The van der Waals surface area contributed by atoms with Crippen LogP contribution in [0.15, 0.2) is 24.3 Å². The molecule has 0 aromatic heterocycles. The topological polar surface area (TPSA) is 56.8 Å². The van der Waals surface area contributed by atoms with E-state index in [4.69, 9.17) is 4.74 Å². The van der Waals surface area contributed by atoms with Crippen molar-refractivity contribution in [2.24, 2.45) is 0 Å². The first-order valence-corrected chi connectivity index (χ1v) is 8.34. The van der Waals surface area contributed by atoms with E-state index < -0.39 is 0 Å². The van der Waals surface area contributed by atoms with Crippen LogP contribution in [-0.4, -0.2) is 69.0 Å². The molecule has 0 saturated carbocycles. The molecule has 22 heavy (non-hydrogen) atoms. The minimum atomic E-state index is 0.331. The molecule has 1 heterocycles. The highest BCUT2D eigenvalue weighted by molar-refractivity contribution is 5.25. The minimum Gasteiger partial charge on any atom is -0.508 e. The van der Waals surface area contributed by atoms with Gasteiger partial charge in [-0.25, -0.2) is 0 Å². The van der Waals surface area contributed by atoms with Gasteiger partial charge in [-0.15, -0.1) is 0 Å². The second-order valence-corrected chi connectivity index (χ2v) is 5.72. The van der Waals surface area contributed by atoms with Crippen molar-refractivity contribution >= 4 is 0 Å². The van der Waals surface area contributed by atoms with Crippen molar-refractivity contribution in [2.45, 2.75) is 12.8 Å². The van der Waals surface area contributed by atoms with Crippen molar-refractivity contribution in [3.05, 3.63) is 29.8 Å². The second-order valence-electron chi connectivity index (χ2n) is 5.72. The third kappa shape index (κ3) is 7.22. The maximum absolute atomic E-state index is 9.22. The normalized spacial score (nSPS) is 16.0. The Labute approximate surface area is 133 Å². The summed E-state index contributed by atoms with van der Waals surface area (Å²) >= 11 is 0. The zero-order chi connectivity index (χ0) is 15.5. The van der Waals surface area contributed by atoms with Gasteiger partial charge in [0.2, 0.25) is 0 Å². The standard InChI is InChI=1S/C17H29N3O2/c21-17-4-2-16(3-5-17)6-8-19-10-9-18-7-1-11-20-12-14-22-15-13-20/h2-5,18-19,21H,1,6-15H2. The Bertz CT molecular complexity index is 391. The van der Waals surface area contributed by atoms with E-state index in [1.807, 2.05) is 12.1 Å². The van der Waals surface area contributed by atoms with Crippen LogP contribution in [0.1, 0.15) is 12.0 Å². The highest BCUT2D eigenvalue weighted by Crippen LogP contribution is 2.09. The van der Waals surface area contributed by atoms with Crippen molar-refractivity contribution in [1.82, 2.24) is 15.5 Å². The van der Waals surface area contributed by atoms with Gasteiger partial charge < -0.3 is 20.5 Å². The lowest BCUT2D eigenvalue weighted by molar-refractivity contribution is 0.0375. The molecule has 1 aromatic rings. The Kier molecular flexibility index (Phi) is 8.27. The van der Waals surface area contributed by atoms with E-state index in [0.29, 0.717) is 5.75 Å². The number of nitrogens with one attached hydrogen (secondary N) is 2. The molecule has 5 heteroatoms. The van der Waals surface area contributed by atoms with Crippen LogP contribution in [0.4, 0.5) is 0 Å². The molecule has 2 rings (SSSR count). The molecule has 1 aliphatic rings. The largest absolute Gasteiger partial charge is 0.508 e. The molecular formula is C17H29N3O2. The van der Waals surface area contributed by atoms with Crippen LogP contribution in [-0.2, 0) is 11.2 Å². The van der Waals surface area contributed by atoms with E-state index in [-0.39, 0.29) is 0 Å². The van der Waals surface area contributed by atoms with Crippen molar-refractivity contribution in [2.75, 3.05) is 59.0 Å². The van der Waals surface area contributed by atoms with Gasteiger partial charge in [0.15, 0.2) is 0 Å². The maximum atomic E-state index is 9.22. The summed E-state index contributed by atoms with van der Waals surface area (Å²) in [5.41, 5.74) is 1.25. The molecule has 1 aromatic carbocycles. The van der Waals surface area contributed by atoms with Gasteiger partial charge in [-0.3, -0.25) is 4.90 Å². The van der Waals surface area contributed by atoms with E-state index in [2.05, 4.69) is 15.5 Å². The molecule has 124 valence electrons. The minimum absolute atomic E-state index is 0.331. The summed E-state index contributed by atoms with van der Waals surface area (Å²) in [5, 5.41) is 16.1. The van der Waals surface area contributed by atoms with Gasteiger partial charge in [-0.2, -0.15) is 0 Å². The van der Waals surface area contributed by atoms with Crippen LogP contribution < -0.4 is 10.6 Å². The number of nitrogens with zero attached hydrogens (tertiary/aromatic N) is 1. The summed E-state index contributed by atoms with van der Waals surface area (Å²) < 4.78 is 5.34. The van der Waals surface area contributed by atoms with Crippen molar-refractivity contribution in [3.8, 4) is 5.75 Å². The fraction of sp³-hybridized carbons (Fsp3) is 0.647. The molecule has 0 spiro atoms. The van der Waals surface area contributed by atoms with Crippen LogP contribution in [0.2, 0.25) is 0 Å². The maximum Gasteiger partial charge on any atom is 0.115 e. The Hall–Kier alpha value is -1.14. The summed E-state index contributed by atoms with van der Waals surface area (Å²) in [4.78, 5) is 2.47. The highest BCUT2D eigenvalue weighted by Gasteiger charge is 2.08. The van der Waals surface area contributed by atoms with Gasteiger partial charge >= 0.3 is 0 Å². The van der Waals surface area contributed by atoms with E-state index in [0.717, 1.165) is 58.9 Å². The summed E-state index contributed by atoms with van der Waals surface area (Å²) in [7, 11) is 0. The molecule has 0 amide bonds. The quantitative estimate of drug-likeness (QED) is 0.559. The fourth-order valence-corrected chi connectivity index (χ4v) is 2.57.